The van der Waals surface area contributed by atoms with E-state index in [9.17, 15) is 0 Å². The number of aromatic nitrogens is 1. The van der Waals surface area contributed by atoms with Gasteiger partial charge >= 0.3 is 0 Å². The van der Waals surface area contributed by atoms with Crippen LogP contribution in [0.5, 0.6) is 0 Å². The summed E-state index contributed by atoms with van der Waals surface area (Å²) in [4.78, 5) is 7.07. The largest absolute Gasteiger partial charge is 0.354 e. The number of thioether (sulfide) groups is 1. The standard InChI is InChI=1S/C15H23N3S/c1-11-9-18(10-12(2)19-11)15-6-3-13(8-17-15)7-16-14-4-5-14/h3,6,8,11-12,14,16H,4-5,7,9-10H2,1-2H3. The van der Waals surface area contributed by atoms with E-state index in [1.807, 2.05) is 6.20 Å². The molecule has 1 saturated heterocycles. The van der Waals surface area contributed by atoms with Gasteiger partial charge in [0.25, 0.3) is 0 Å². The highest BCUT2D eigenvalue weighted by Crippen LogP contribution is 2.27. The van der Waals surface area contributed by atoms with Crippen molar-refractivity contribution in [2.45, 2.75) is 49.8 Å². The third kappa shape index (κ3) is 3.63. The first kappa shape index (κ1) is 13.3. The van der Waals surface area contributed by atoms with E-state index >= 15 is 0 Å². The summed E-state index contributed by atoms with van der Waals surface area (Å²) in [5.41, 5.74) is 1.29. The summed E-state index contributed by atoms with van der Waals surface area (Å²) in [6.45, 7) is 7.80. The summed E-state index contributed by atoms with van der Waals surface area (Å²) in [5, 5.41) is 4.92. The molecule has 3 rings (SSSR count). The van der Waals surface area contributed by atoms with Crippen molar-refractivity contribution >= 4 is 17.6 Å². The van der Waals surface area contributed by atoms with Gasteiger partial charge in [-0.15, -0.1) is 0 Å². The fraction of sp³-hybridized carbons (Fsp3) is 0.667. The molecule has 1 N–H and O–H groups in total. The molecule has 0 amide bonds. The van der Waals surface area contributed by atoms with Crippen molar-refractivity contribution in [1.82, 2.24) is 10.3 Å². The van der Waals surface area contributed by atoms with Gasteiger partial charge in [-0.05, 0) is 24.5 Å². The molecule has 1 aromatic heterocycles. The highest BCUT2D eigenvalue weighted by Gasteiger charge is 2.23. The average Bonchev–Trinajstić information content (AvgIpc) is 3.20. The predicted octanol–water partition coefficient (Wildman–Crippen LogP) is 2.66. The maximum atomic E-state index is 4.65. The van der Waals surface area contributed by atoms with Crippen LogP contribution in [-0.2, 0) is 6.54 Å². The van der Waals surface area contributed by atoms with Crippen molar-refractivity contribution in [3.8, 4) is 0 Å². The summed E-state index contributed by atoms with van der Waals surface area (Å²) >= 11 is 2.08. The monoisotopic (exact) mass is 277 g/mol. The van der Waals surface area contributed by atoms with Crippen molar-refractivity contribution in [3.63, 3.8) is 0 Å². The van der Waals surface area contributed by atoms with Gasteiger partial charge < -0.3 is 10.2 Å². The molecule has 0 aromatic carbocycles. The number of hydrogen-bond acceptors (Lipinski definition) is 4. The fourth-order valence-electron chi connectivity index (χ4n) is 2.62. The second kappa shape index (κ2) is 5.71. The molecule has 0 spiro atoms. The maximum absolute atomic E-state index is 4.65. The first-order chi connectivity index (χ1) is 9.20. The van der Waals surface area contributed by atoms with Gasteiger partial charge in [0.15, 0.2) is 0 Å². The lowest BCUT2D eigenvalue weighted by Gasteiger charge is -2.35. The Labute approximate surface area is 120 Å². The summed E-state index contributed by atoms with van der Waals surface area (Å²) in [7, 11) is 0. The smallest absolute Gasteiger partial charge is 0.128 e. The second-order valence-corrected chi connectivity index (χ2v) is 7.72. The number of rotatable bonds is 4. The molecule has 1 aromatic rings. The molecule has 1 aliphatic heterocycles. The van der Waals surface area contributed by atoms with Crippen molar-refractivity contribution in [1.29, 1.82) is 0 Å². The van der Waals surface area contributed by atoms with E-state index in [-0.39, 0.29) is 0 Å². The summed E-state index contributed by atoms with van der Waals surface area (Å²) < 4.78 is 0. The first-order valence-corrected chi connectivity index (χ1v) is 8.23. The van der Waals surface area contributed by atoms with Crippen LogP contribution in [0.3, 0.4) is 0 Å². The van der Waals surface area contributed by atoms with Crippen LogP contribution in [0.4, 0.5) is 5.82 Å². The van der Waals surface area contributed by atoms with Gasteiger partial charge in [-0.2, -0.15) is 11.8 Å². The number of hydrogen-bond donors (Lipinski definition) is 1. The number of nitrogens with one attached hydrogen (secondary N) is 1. The van der Waals surface area contributed by atoms with Crippen molar-refractivity contribution in [3.05, 3.63) is 23.9 Å². The van der Waals surface area contributed by atoms with Crippen molar-refractivity contribution in [2.24, 2.45) is 0 Å². The molecule has 104 valence electrons. The van der Waals surface area contributed by atoms with Crippen LogP contribution in [0.15, 0.2) is 18.3 Å². The molecule has 2 atom stereocenters. The topological polar surface area (TPSA) is 28.2 Å². The third-order valence-corrected chi connectivity index (χ3v) is 4.95. The highest BCUT2D eigenvalue weighted by atomic mass is 32.2. The zero-order valence-corrected chi connectivity index (χ0v) is 12.6. The Balaban J connectivity index is 1.60. The summed E-state index contributed by atoms with van der Waals surface area (Å²) in [6.07, 6.45) is 4.71. The van der Waals surface area contributed by atoms with E-state index in [0.717, 1.165) is 31.5 Å². The van der Waals surface area contributed by atoms with Gasteiger partial charge in [0, 0.05) is 42.4 Å². The summed E-state index contributed by atoms with van der Waals surface area (Å²) in [6, 6.07) is 5.16. The van der Waals surface area contributed by atoms with Gasteiger partial charge in [0.1, 0.15) is 5.82 Å². The van der Waals surface area contributed by atoms with Crippen LogP contribution < -0.4 is 10.2 Å². The molecular weight excluding hydrogens is 254 g/mol. The Morgan fingerprint density at radius 2 is 2.00 bits per heavy atom. The molecule has 2 fully saturated rings. The van der Waals surface area contributed by atoms with Crippen LogP contribution >= 0.6 is 11.8 Å². The third-order valence-electron chi connectivity index (χ3n) is 3.72. The zero-order valence-electron chi connectivity index (χ0n) is 11.8. The van der Waals surface area contributed by atoms with E-state index in [2.05, 4.69) is 52.9 Å². The molecule has 2 aliphatic rings. The van der Waals surface area contributed by atoms with Gasteiger partial charge in [-0.1, -0.05) is 19.9 Å². The Morgan fingerprint density at radius 1 is 1.26 bits per heavy atom. The Hall–Kier alpha value is -0.740. The van der Waals surface area contributed by atoms with Crippen LogP contribution in [-0.4, -0.2) is 34.6 Å². The van der Waals surface area contributed by atoms with Crippen LogP contribution in [0.1, 0.15) is 32.3 Å². The Morgan fingerprint density at radius 3 is 2.58 bits per heavy atom. The van der Waals surface area contributed by atoms with Crippen LogP contribution in [0, 0.1) is 0 Å². The normalized spacial score (nSPS) is 27.6. The quantitative estimate of drug-likeness (QED) is 0.916. The van der Waals surface area contributed by atoms with E-state index in [1.54, 1.807) is 0 Å². The molecule has 2 heterocycles. The molecule has 19 heavy (non-hydrogen) atoms. The van der Waals surface area contributed by atoms with E-state index in [4.69, 9.17) is 0 Å². The molecule has 0 radical (unpaired) electrons. The minimum Gasteiger partial charge on any atom is -0.354 e. The molecule has 3 nitrogen and oxygen atoms in total. The van der Waals surface area contributed by atoms with Crippen molar-refractivity contribution < 1.29 is 0 Å². The predicted molar refractivity (Wildman–Crippen MR) is 82.8 cm³/mol. The lowest BCUT2D eigenvalue weighted by molar-refractivity contribution is 0.683. The molecular formula is C15H23N3S. The molecule has 1 saturated carbocycles. The SMILES string of the molecule is CC1CN(c2ccc(CNC3CC3)cn2)CC(C)S1. The highest BCUT2D eigenvalue weighted by molar-refractivity contribution is 8.00. The zero-order chi connectivity index (χ0) is 13.2. The van der Waals surface area contributed by atoms with Gasteiger partial charge in [0.05, 0.1) is 0 Å². The molecule has 0 bridgehead atoms. The van der Waals surface area contributed by atoms with Gasteiger partial charge in [-0.3, -0.25) is 0 Å². The van der Waals surface area contributed by atoms with Gasteiger partial charge in [-0.25, -0.2) is 4.98 Å². The Bertz CT molecular complexity index is 406. The first-order valence-electron chi connectivity index (χ1n) is 7.29. The minimum absolute atomic E-state index is 0.696. The fourth-order valence-corrected chi connectivity index (χ4v) is 3.95. The average molecular weight is 277 g/mol. The number of nitrogens with zero attached hydrogens (tertiary/aromatic N) is 2. The maximum Gasteiger partial charge on any atom is 0.128 e. The number of anilines is 1. The van der Waals surface area contributed by atoms with E-state index < -0.39 is 0 Å². The second-order valence-electron chi connectivity index (χ2n) is 5.84. The van der Waals surface area contributed by atoms with Crippen LogP contribution in [0.2, 0.25) is 0 Å². The lowest BCUT2D eigenvalue weighted by atomic mass is 10.2. The van der Waals surface area contributed by atoms with Crippen molar-refractivity contribution in [2.75, 3.05) is 18.0 Å². The summed E-state index contributed by atoms with van der Waals surface area (Å²) in [5.74, 6) is 1.13. The van der Waals surface area contributed by atoms with Crippen LogP contribution in [0.25, 0.3) is 0 Å². The molecule has 4 heteroatoms. The number of pyridine rings is 1. The lowest BCUT2D eigenvalue weighted by Crippen LogP contribution is -2.40. The minimum atomic E-state index is 0.696. The van der Waals surface area contributed by atoms with E-state index in [1.165, 1.54) is 18.4 Å². The molecule has 2 unspecified atom stereocenters. The van der Waals surface area contributed by atoms with E-state index in [0.29, 0.717) is 10.5 Å². The van der Waals surface area contributed by atoms with Gasteiger partial charge in [0.2, 0.25) is 0 Å². The Kier molecular flexibility index (Phi) is 3.99. The molecule has 1 aliphatic carbocycles.